The molecule has 0 spiro atoms. The van der Waals surface area contributed by atoms with Gasteiger partial charge in [0.15, 0.2) is 37.0 Å². The van der Waals surface area contributed by atoms with Crippen molar-refractivity contribution >= 4 is 35.8 Å². The molecule has 0 aromatic heterocycles. The number of rotatable bonds is 15. The van der Waals surface area contributed by atoms with Gasteiger partial charge in [-0.2, -0.15) is 0 Å². The third kappa shape index (κ3) is 10.9. The molecule has 2 fully saturated rings. The molecule has 0 N–H and O–H groups in total. The van der Waals surface area contributed by atoms with Gasteiger partial charge >= 0.3 is 35.8 Å². The van der Waals surface area contributed by atoms with Crippen molar-refractivity contribution in [3.63, 3.8) is 0 Å². The van der Waals surface area contributed by atoms with Gasteiger partial charge in [0.05, 0.1) is 41.0 Å². The number of esters is 6. The van der Waals surface area contributed by atoms with Crippen molar-refractivity contribution in [2.24, 2.45) is 0 Å². The highest BCUT2D eigenvalue weighted by Crippen LogP contribution is 2.37. The molecule has 5 aromatic carbocycles. The molecule has 0 unspecified atom stereocenters. The van der Waals surface area contributed by atoms with Crippen molar-refractivity contribution in [2.75, 3.05) is 14.2 Å². The minimum Gasteiger partial charge on any atom is -0.466 e. The minimum atomic E-state index is -1.98. The summed E-state index contributed by atoms with van der Waals surface area (Å²) in [5.74, 6) is -5.65. The Kier molecular flexibility index (Phi) is 15.1. The highest BCUT2D eigenvalue weighted by atomic mass is 16.8. The predicted molar refractivity (Wildman–Crippen MR) is 225 cm³/mol. The fraction of sp³-hybridized carbons (Fsp3) is 0.265. The van der Waals surface area contributed by atoms with Crippen molar-refractivity contribution in [3.05, 3.63) is 179 Å². The number of ether oxygens (including phenoxy) is 10. The van der Waals surface area contributed by atoms with Gasteiger partial charge in [-0.15, -0.1) is 0 Å². The summed E-state index contributed by atoms with van der Waals surface area (Å²) in [7, 11) is 2.35. The second kappa shape index (κ2) is 21.4. The molecule has 65 heavy (non-hydrogen) atoms. The number of hydrogen-bond donors (Lipinski definition) is 0. The maximum atomic E-state index is 14.0. The zero-order valence-corrected chi connectivity index (χ0v) is 35.2. The van der Waals surface area contributed by atoms with Crippen LogP contribution < -0.4 is 0 Å². The molecule has 0 amide bonds. The third-order valence-corrected chi connectivity index (χ3v) is 10.4. The van der Waals surface area contributed by atoms with E-state index in [2.05, 4.69) is 0 Å². The lowest BCUT2D eigenvalue weighted by molar-refractivity contribution is -0.317. The molecule has 16 heteroatoms. The van der Waals surface area contributed by atoms with E-state index in [-0.39, 0.29) is 27.8 Å². The van der Waals surface area contributed by atoms with Gasteiger partial charge in [-0.05, 0) is 67.6 Å². The number of benzene rings is 5. The average molecular weight is 889 g/mol. The molecule has 0 aliphatic carbocycles. The van der Waals surface area contributed by atoms with Crippen molar-refractivity contribution in [3.8, 4) is 0 Å². The zero-order chi connectivity index (χ0) is 45.9. The lowest BCUT2D eigenvalue weighted by atomic mass is 9.98. The summed E-state index contributed by atoms with van der Waals surface area (Å²) in [5.41, 5.74) is 0.479. The molecule has 0 bridgehead atoms. The molecule has 16 nitrogen and oxygen atoms in total. The molecule has 7 rings (SSSR count). The molecule has 2 heterocycles. The van der Waals surface area contributed by atoms with Gasteiger partial charge in [-0.1, -0.05) is 91.0 Å². The quantitative estimate of drug-likeness (QED) is 0.0905. The zero-order valence-electron chi connectivity index (χ0n) is 35.2. The molecule has 2 aliphatic heterocycles. The number of carbonyl (C=O) groups is 6. The smallest absolute Gasteiger partial charge is 0.350 e. The SMILES string of the molecule is COC(=O)[C@@H](OC(=O)c1ccccc1)[C@@H]1O[C@@H](O[C@H]2[C@@H](OC(=O)c3ccccc3)[C@H](OC(=O)c3ccccc3)[C@H](OC)O[C@H]2C)[C@H](OC(=O)c2ccccc2)[C@H]1OC(=O)c1ccccc1. The van der Waals surface area contributed by atoms with Crippen LogP contribution in [-0.2, 0) is 52.2 Å². The Labute approximate surface area is 373 Å². The lowest BCUT2D eigenvalue weighted by Gasteiger charge is -2.44. The van der Waals surface area contributed by atoms with Crippen LogP contribution in [0, 0.1) is 0 Å². The van der Waals surface area contributed by atoms with Crippen LogP contribution in [0.25, 0.3) is 0 Å². The fourth-order valence-corrected chi connectivity index (χ4v) is 7.21. The normalized spacial score (nSPS) is 24.1. The van der Waals surface area contributed by atoms with Crippen molar-refractivity contribution in [2.45, 2.75) is 68.3 Å². The third-order valence-electron chi connectivity index (χ3n) is 10.4. The molecule has 10 atom stereocenters. The Morgan fingerprint density at radius 3 is 1.17 bits per heavy atom. The first kappa shape index (κ1) is 45.8. The first-order chi connectivity index (χ1) is 31.6. The summed E-state index contributed by atoms with van der Waals surface area (Å²) >= 11 is 0. The maximum absolute atomic E-state index is 14.0. The van der Waals surface area contributed by atoms with Gasteiger partial charge in [0.2, 0.25) is 6.10 Å². The summed E-state index contributed by atoms with van der Waals surface area (Å²) in [5, 5.41) is 0. The molecule has 336 valence electrons. The molecular weight excluding hydrogens is 845 g/mol. The Hall–Kier alpha value is -7.24. The van der Waals surface area contributed by atoms with Crippen molar-refractivity contribution in [1.82, 2.24) is 0 Å². The van der Waals surface area contributed by atoms with E-state index in [0.29, 0.717) is 0 Å². The van der Waals surface area contributed by atoms with Gasteiger partial charge in [0.25, 0.3) is 0 Å². The van der Waals surface area contributed by atoms with Gasteiger partial charge in [-0.3, -0.25) is 0 Å². The minimum absolute atomic E-state index is 0.0529. The number of methoxy groups -OCH3 is 2. The van der Waals surface area contributed by atoms with Gasteiger partial charge < -0.3 is 47.4 Å². The van der Waals surface area contributed by atoms with E-state index < -0.39 is 97.2 Å². The summed E-state index contributed by atoms with van der Waals surface area (Å²) in [4.78, 5) is 82.7. The van der Waals surface area contributed by atoms with E-state index in [4.69, 9.17) is 47.4 Å². The monoisotopic (exact) mass is 888 g/mol. The second-order valence-corrected chi connectivity index (χ2v) is 14.7. The standard InChI is InChI=1S/C49H44O16/c1-29-35(36(59-42(50)30-19-9-4-10-20-30)40(48(57-3)58-29)62-45(53)33-25-15-7-16-26-33)64-49-41(63-46(54)34-27-17-8-18-28-34)38(60-43(51)31-21-11-5-12-22-31)37(65-49)39(47(55)56-2)61-44(52)32-23-13-6-14-24-32/h4-29,35-41,48-49H,1-3H3/t29-,35+,36+,37+,38-,39-,40-,41+,48+,49+/m0/s1. The van der Waals surface area contributed by atoms with Gasteiger partial charge in [-0.25, -0.2) is 28.8 Å². The molecule has 2 saturated heterocycles. The molecule has 0 saturated carbocycles. The summed E-state index contributed by atoms with van der Waals surface area (Å²) in [6, 6.07) is 39.3. The van der Waals surface area contributed by atoms with Crippen LogP contribution in [0.5, 0.6) is 0 Å². The Morgan fingerprint density at radius 2 is 0.785 bits per heavy atom. The van der Waals surface area contributed by atoms with E-state index in [1.54, 1.807) is 97.9 Å². The summed E-state index contributed by atoms with van der Waals surface area (Å²) < 4.78 is 59.9. The van der Waals surface area contributed by atoms with Crippen molar-refractivity contribution < 1.29 is 76.1 Å². The van der Waals surface area contributed by atoms with Crippen LogP contribution in [0.4, 0.5) is 0 Å². The maximum Gasteiger partial charge on any atom is 0.350 e. The van der Waals surface area contributed by atoms with Crippen LogP contribution in [0.1, 0.15) is 58.7 Å². The summed E-state index contributed by atoms with van der Waals surface area (Å²) in [6.45, 7) is 1.55. The van der Waals surface area contributed by atoms with E-state index in [1.807, 2.05) is 0 Å². The topological polar surface area (TPSA) is 195 Å². The van der Waals surface area contributed by atoms with E-state index in [9.17, 15) is 28.8 Å². The van der Waals surface area contributed by atoms with Gasteiger partial charge in [0.1, 0.15) is 12.2 Å². The Morgan fingerprint density at radius 1 is 0.431 bits per heavy atom. The average Bonchev–Trinajstić information content (AvgIpc) is 3.67. The Balaban J connectivity index is 1.32. The van der Waals surface area contributed by atoms with E-state index in [1.165, 1.54) is 67.8 Å². The molecule has 0 radical (unpaired) electrons. The fourth-order valence-electron chi connectivity index (χ4n) is 7.21. The van der Waals surface area contributed by atoms with E-state index in [0.717, 1.165) is 7.11 Å². The van der Waals surface area contributed by atoms with Crippen molar-refractivity contribution in [1.29, 1.82) is 0 Å². The highest BCUT2D eigenvalue weighted by molar-refractivity contribution is 5.93. The van der Waals surface area contributed by atoms with Crippen LogP contribution in [-0.4, -0.2) is 111 Å². The molecule has 2 aliphatic rings. The lowest BCUT2D eigenvalue weighted by Crippen LogP contribution is -2.62. The van der Waals surface area contributed by atoms with E-state index >= 15 is 0 Å². The van der Waals surface area contributed by atoms with Crippen LogP contribution >= 0.6 is 0 Å². The number of carbonyl (C=O) groups excluding carboxylic acids is 6. The molecule has 5 aromatic rings. The first-order valence-corrected chi connectivity index (χ1v) is 20.4. The van der Waals surface area contributed by atoms with Crippen LogP contribution in [0.2, 0.25) is 0 Å². The Bertz CT molecular complexity index is 2400. The first-order valence-electron chi connectivity index (χ1n) is 20.4. The van der Waals surface area contributed by atoms with Crippen LogP contribution in [0.3, 0.4) is 0 Å². The largest absolute Gasteiger partial charge is 0.466 e. The van der Waals surface area contributed by atoms with Gasteiger partial charge in [0, 0.05) is 7.11 Å². The molecular formula is C49H44O16. The van der Waals surface area contributed by atoms with Crippen LogP contribution in [0.15, 0.2) is 152 Å². The second-order valence-electron chi connectivity index (χ2n) is 14.7. The summed E-state index contributed by atoms with van der Waals surface area (Å²) in [6.07, 6.45) is -16.0. The predicted octanol–water partition coefficient (Wildman–Crippen LogP) is 5.79. The number of hydrogen-bond acceptors (Lipinski definition) is 16. The highest BCUT2D eigenvalue weighted by Gasteiger charge is 2.59.